The molecule has 4 aromatic carbocycles. The van der Waals surface area contributed by atoms with Gasteiger partial charge < -0.3 is 42.9 Å². The number of hydrogen-bond donors (Lipinski definition) is 0. The van der Waals surface area contributed by atoms with Gasteiger partial charge in [0.25, 0.3) is 0 Å². The minimum atomic E-state index is -0.411. The third-order valence-corrected chi connectivity index (χ3v) is 6.95. The molecule has 9 heteroatoms. The molecule has 0 aliphatic heterocycles. The number of pyridine rings is 1. The zero-order valence-electron chi connectivity index (χ0n) is 23.6. The summed E-state index contributed by atoms with van der Waals surface area (Å²) in [6.45, 7) is 0.643. The van der Waals surface area contributed by atoms with Crippen molar-refractivity contribution in [1.82, 2.24) is 0 Å². The van der Waals surface area contributed by atoms with Gasteiger partial charge in [-0.3, -0.25) is 10.1 Å². The van der Waals surface area contributed by atoms with Crippen LogP contribution in [0.2, 0.25) is 0 Å². The molecule has 216 valence electrons. The van der Waals surface area contributed by atoms with E-state index in [0.29, 0.717) is 29.4 Å². The molecule has 0 aliphatic carbocycles. The van der Waals surface area contributed by atoms with Crippen LogP contribution >= 0.6 is 0 Å². The molecule has 0 aliphatic rings. The van der Waals surface area contributed by atoms with Crippen LogP contribution in [0.15, 0.2) is 97.2 Å². The third-order valence-electron chi connectivity index (χ3n) is 6.95. The largest absolute Gasteiger partial charge is 1.00 e. The van der Waals surface area contributed by atoms with Crippen molar-refractivity contribution in [1.29, 1.82) is 0 Å². The standard InChI is InChI=1S/C33H31N2O6.HI/c1-34-17-16-25-19-30(38-2)31(41-22-24-12-8-5-9-13-24)20-27(25)28(34)18-26-14-15-29(33(39-3)32(26)35(36)37)40-21-23-10-6-4-7-11-23;/h4-17,19-20H,18,21-22H2,1-3H3;1H/q+1;/p-1. The quantitative estimate of drug-likeness (QED) is 0.0924. The number of nitro groups is 1. The van der Waals surface area contributed by atoms with Crippen molar-refractivity contribution in [2.75, 3.05) is 14.2 Å². The Balaban J connectivity index is 0.00000405. The number of hydrogen-bond acceptors (Lipinski definition) is 6. The summed E-state index contributed by atoms with van der Waals surface area (Å²) in [4.78, 5) is 11.9. The monoisotopic (exact) mass is 678 g/mol. The molecule has 0 amide bonds. The number of nitrogens with zero attached hydrogens (tertiary/aromatic N) is 2. The van der Waals surface area contributed by atoms with Crippen molar-refractivity contribution in [2.45, 2.75) is 19.6 Å². The Labute approximate surface area is 261 Å². The van der Waals surface area contributed by atoms with Crippen molar-refractivity contribution < 1.29 is 52.4 Å². The molecule has 0 bridgehead atoms. The summed E-state index contributed by atoms with van der Waals surface area (Å²) in [5, 5.41) is 14.2. The van der Waals surface area contributed by atoms with Crippen LogP contribution in [0, 0.1) is 10.1 Å². The first-order valence-corrected chi connectivity index (χ1v) is 13.2. The van der Waals surface area contributed by atoms with Gasteiger partial charge in [0, 0.05) is 11.6 Å². The number of aryl methyl sites for hydroxylation is 1. The van der Waals surface area contributed by atoms with Crippen LogP contribution in [0.25, 0.3) is 10.8 Å². The Kier molecular flexibility index (Phi) is 10.2. The predicted molar refractivity (Wildman–Crippen MR) is 156 cm³/mol. The lowest BCUT2D eigenvalue weighted by Crippen LogP contribution is -3.00. The van der Waals surface area contributed by atoms with E-state index in [1.807, 2.05) is 96.7 Å². The van der Waals surface area contributed by atoms with Crippen LogP contribution in [0.5, 0.6) is 23.0 Å². The molecule has 5 rings (SSSR count). The van der Waals surface area contributed by atoms with Crippen molar-refractivity contribution in [3.05, 3.63) is 130 Å². The molecule has 5 aromatic rings. The molecule has 0 N–H and O–H groups in total. The van der Waals surface area contributed by atoms with E-state index in [1.54, 1.807) is 19.2 Å². The fourth-order valence-electron chi connectivity index (χ4n) is 4.83. The smallest absolute Gasteiger partial charge is 0.318 e. The summed E-state index contributed by atoms with van der Waals surface area (Å²) in [5.41, 5.74) is 3.24. The minimum Gasteiger partial charge on any atom is -1.00 e. The number of halogens is 1. The Hall–Kier alpha value is -4.38. The SMILES string of the molecule is COc1cc2cc[n+](C)c(Cc3ccc(OCc4ccccc4)c(OC)c3[N+](=O)[O-])c2cc1OCc1ccccc1.[I-]. The van der Waals surface area contributed by atoms with Gasteiger partial charge in [-0.15, -0.1) is 0 Å². The molecule has 0 saturated heterocycles. The number of fused-ring (bicyclic) bond motifs is 1. The lowest BCUT2D eigenvalue weighted by Gasteiger charge is -2.15. The number of aromatic nitrogens is 1. The second-order valence-electron chi connectivity index (χ2n) is 9.55. The average molecular weight is 679 g/mol. The molecule has 0 radical (unpaired) electrons. The lowest BCUT2D eigenvalue weighted by molar-refractivity contribution is -0.677. The fourth-order valence-corrected chi connectivity index (χ4v) is 4.83. The molecule has 0 saturated carbocycles. The van der Waals surface area contributed by atoms with Crippen LogP contribution in [-0.4, -0.2) is 19.1 Å². The van der Waals surface area contributed by atoms with Gasteiger partial charge in [0.1, 0.15) is 20.3 Å². The van der Waals surface area contributed by atoms with Gasteiger partial charge in [-0.25, -0.2) is 4.57 Å². The summed E-state index contributed by atoms with van der Waals surface area (Å²) >= 11 is 0. The Bertz CT molecular complexity index is 1680. The Morgan fingerprint density at radius 3 is 1.95 bits per heavy atom. The van der Waals surface area contributed by atoms with Crippen molar-refractivity contribution in [2.24, 2.45) is 7.05 Å². The molecular formula is C33H31IN2O6. The van der Waals surface area contributed by atoms with Gasteiger partial charge in [-0.05, 0) is 40.8 Å². The maximum Gasteiger partial charge on any atom is 0.318 e. The maximum atomic E-state index is 12.4. The summed E-state index contributed by atoms with van der Waals surface area (Å²) in [7, 11) is 4.95. The van der Waals surface area contributed by atoms with E-state index >= 15 is 0 Å². The molecule has 0 spiro atoms. The first-order valence-electron chi connectivity index (χ1n) is 13.2. The second kappa shape index (κ2) is 14.0. The highest BCUT2D eigenvalue weighted by atomic mass is 127. The lowest BCUT2D eigenvalue weighted by atomic mass is 10.0. The number of ether oxygens (including phenoxy) is 4. The van der Waals surface area contributed by atoms with Crippen LogP contribution in [-0.2, 0) is 26.7 Å². The topological polar surface area (TPSA) is 83.9 Å². The normalized spacial score (nSPS) is 10.5. The van der Waals surface area contributed by atoms with Crippen molar-refractivity contribution in [3.8, 4) is 23.0 Å². The molecule has 8 nitrogen and oxygen atoms in total. The Morgan fingerprint density at radius 1 is 0.762 bits per heavy atom. The highest BCUT2D eigenvalue weighted by Gasteiger charge is 2.28. The highest BCUT2D eigenvalue weighted by Crippen LogP contribution is 2.41. The van der Waals surface area contributed by atoms with E-state index < -0.39 is 4.92 Å². The first-order chi connectivity index (χ1) is 20.0. The average Bonchev–Trinajstić information content (AvgIpc) is 3.00. The van der Waals surface area contributed by atoms with Gasteiger partial charge in [0.15, 0.2) is 29.1 Å². The zero-order chi connectivity index (χ0) is 28.8. The zero-order valence-corrected chi connectivity index (χ0v) is 25.7. The molecule has 42 heavy (non-hydrogen) atoms. The molecule has 0 unspecified atom stereocenters. The summed E-state index contributed by atoms with van der Waals surface area (Å²) in [6, 6.07) is 28.8. The van der Waals surface area contributed by atoms with Gasteiger partial charge >= 0.3 is 5.69 Å². The van der Waals surface area contributed by atoms with Gasteiger partial charge in [-0.2, -0.15) is 0 Å². The third kappa shape index (κ3) is 6.73. The molecule has 1 aromatic heterocycles. The van der Waals surface area contributed by atoms with Crippen molar-refractivity contribution >= 4 is 16.5 Å². The number of methoxy groups -OCH3 is 2. The van der Waals surface area contributed by atoms with Gasteiger partial charge in [-0.1, -0.05) is 60.7 Å². The minimum absolute atomic E-state index is 0. The van der Waals surface area contributed by atoms with Crippen LogP contribution in [0.4, 0.5) is 5.69 Å². The van der Waals surface area contributed by atoms with E-state index in [0.717, 1.165) is 27.6 Å². The van der Waals surface area contributed by atoms with Crippen LogP contribution in [0.1, 0.15) is 22.4 Å². The van der Waals surface area contributed by atoms with Crippen molar-refractivity contribution in [3.63, 3.8) is 0 Å². The summed E-state index contributed by atoms with van der Waals surface area (Å²) in [6.07, 6.45) is 2.21. The number of rotatable bonds is 11. The first kappa shape index (κ1) is 30.6. The van der Waals surface area contributed by atoms with E-state index in [2.05, 4.69) is 0 Å². The molecular weight excluding hydrogens is 647 g/mol. The molecule has 0 atom stereocenters. The van der Waals surface area contributed by atoms with Gasteiger partial charge in [0.05, 0.1) is 30.9 Å². The van der Waals surface area contributed by atoms with Crippen LogP contribution in [0.3, 0.4) is 0 Å². The van der Waals surface area contributed by atoms with E-state index in [4.69, 9.17) is 18.9 Å². The van der Waals surface area contributed by atoms with E-state index in [9.17, 15) is 10.1 Å². The maximum absolute atomic E-state index is 12.4. The van der Waals surface area contributed by atoms with E-state index in [-0.39, 0.29) is 48.4 Å². The molecule has 1 heterocycles. The Morgan fingerprint density at radius 2 is 1.38 bits per heavy atom. The predicted octanol–water partition coefficient (Wildman–Crippen LogP) is 3.34. The van der Waals surface area contributed by atoms with Gasteiger partial charge in [0.2, 0.25) is 5.75 Å². The second-order valence-corrected chi connectivity index (χ2v) is 9.55. The van der Waals surface area contributed by atoms with E-state index in [1.165, 1.54) is 7.11 Å². The summed E-state index contributed by atoms with van der Waals surface area (Å²) in [5.74, 6) is 1.61. The summed E-state index contributed by atoms with van der Waals surface area (Å²) < 4.78 is 25.2. The highest BCUT2D eigenvalue weighted by molar-refractivity contribution is 5.87. The number of benzene rings is 4. The number of nitro benzene ring substituents is 1. The molecule has 0 fully saturated rings. The fraction of sp³-hybridized carbons (Fsp3) is 0.182. The van der Waals surface area contributed by atoms with Crippen LogP contribution < -0.4 is 47.5 Å².